The van der Waals surface area contributed by atoms with E-state index in [-0.39, 0.29) is 5.82 Å². The first-order chi connectivity index (χ1) is 7.74. The molecule has 0 bridgehead atoms. The van der Waals surface area contributed by atoms with Crippen LogP contribution in [0.2, 0.25) is 0 Å². The lowest BCUT2D eigenvalue weighted by molar-refractivity contribution is 0.00578. The predicted octanol–water partition coefficient (Wildman–Crippen LogP) is 2.73. The van der Waals surface area contributed by atoms with Gasteiger partial charge >= 0.3 is 7.12 Å². The van der Waals surface area contributed by atoms with Gasteiger partial charge in [0.15, 0.2) is 0 Å². The third kappa shape index (κ3) is 2.24. The van der Waals surface area contributed by atoms with Gasteiger partial charge in [-0.25, -0.2) is 4.39 Å². The third-order valence-corrected chi connectivity index (χ3v) is 4.43. The monoisotopic (exact) mass is 348 g/mol. The van der Waals surface area contributed by atoms with E-state index < -0.39 is 18.3 Å². The minimum absolute atomic E-state index is 0.282. The number of hydrogen-bond donors (Lipinski definition) is 0. The van der Waals surface area contributed by atoms with Crippen LogP contribution in [0.15, 0.2) is 18.2 Å². The van der Waals surface area contributed by atoms with Crippen LogP contribution in [0.3, 0.4) is 0 Å². The standard InChI is InChI=1S/C12H15BFIO2/c1-11(2)12(3,4)17-13(16-11)10-8(14)6-5-7-9(10)15/h5-7H,1-4H3. The normalized spacial score (nSPS) is 21.9. The summed E-state index contributed by atoms with van der Waals surface area (Å²) in [5, 5.41) is 0. The molecule has 0 N–H and O–H groups in total. The molecule has 0 atom stereocenters. The summed E-state index contributed by atoms with van der Waals surface area (Å²) in [5.74, 6) is -0.282. The molecular weight excluding hydrogens is 333 g/mol. The van der Waals surface area contributed by atoms with Crippen molar-refractivity contribution in [2.75, 3.05) is 0 Å². The summed E-state index contributed by atoms with van der Waals surface area (Å²) >= 11 is 2.10. The van der Waals surface area contributed by atoms with Crippen LogP contribution in [0.1, 0.15) is 27.7 Å². The van der Waals surface area contributed by atoms with Crippen molar-refractivity contribution in [3.8, 4) is 0 Å². The smallest absolute Gasteiger partial charge is 0.399 e. The van der Waals surface area contributed by atoms with Crippen molar-refractivity contribution in [3.05, 3.63) is 27.6 Å². The van der Waals surface area contributed by atoms with Crippen molar-refractivity contribution in [2.24, 2.45) is 0 Å². The summed E-state index contributed by atoms with van der Waals surface area (Å²) in [6.07, 6.45) is 0. The second-order valence-electron chi connectivity index (χ2n) is 5.22. The molecule has 1 aliphatic rings. The molecule has 0 aliphatic carbocycles. The first kappa shape index (κ1) is 13.3. The maximum atomic E-state index is 13.8. The van der Waals surface area contributed by atoms with E-state index in [1.807, 2.05) is 33.8 Å². The van der Waals surface area contributed by atoms with Gasteiger partial charge < -0.3 is 9.31 Å². The van der Waals surface area contributed by atoms with Crippen LogP contribution in [0.25, 0.3) is 0 Å². The van der Waals surface area contributed by atoms with Gasteiger partial charge in [0.25, 0.3) is 0 Å². The van der Waals surface area contributed by atoms with E-state index in [9.17, 15) is 4.39 Å². The molecule has 1 aliphatic heterocycles. The molecule has 0 amide bonds. The van der Waals surface area contributed by atoms with Gasteiger partial charge in [0.1, 0.15) is 5.82 Å². The second-order valence-corrected chi connectivity index (χ2v) is 6.39. The van der Waals surface area contributed by atoms with Crippen LogP contribution >= 0.6 is 22.6 Å². The summed E-state index contributed by atoms with van der Waals surface area (Å²) in [6, 6.07) is 4.97. The van der Waals surface area contributed by atoms with E-state index in [0.29, 0.717) is 5.46 Å². The topological polar surface area (TPSA) is 18.5 Å². The van der Waals surface area contributed by atoms with Gasteiger partial charge in [0.2, 0.25) is 0 Å². The quantitative estimate of drug-likeness (QED) is 0.574. The highest BCUT2D eigenvalue weighted by Crippen LogP contribution is 2.36. The van der Waals surface area contributed by atoms with Gasteiger partial charge in [-0.05, 0) is 62.4 Å². The molecule has 2 nitrogen and oxygen atoms in total. The van der Waals surface area contributed by atoms with Gasteiger partial charge in [-0.1, -0.05) is 6.07 Å². The largest absolute Gasteiger partial charge is 0.498 e. The summed E-state index contributed by atoms with van der Waals surface area (Å²) in [4.78, 5) is 0. The maximum absolute atomic E-state index is 13.8. The molecule has 17 heavy (non-hydrogen) atoms. The third-order valence-electron chi connectivity index (χ3n) is 3.49. The Labute approximate surface area is 115 Å². The van der Waals surface area contributed by atoms with Gasteiger partial charge in [0.05, 0.1) is 11.2 Å². The second kappa shape index (κ2) is 4.21. The fraction of sp³-hybridized carbons (Fsp3) is 0.500. The Kier molecular flexibility index (Phi) is 3.29. The van der Waals surface area contributed by atoms with Crippen molar-refractivity contribution in [1.29, 1.82) is 0 Å². The van der Waals surface area contributed by atoms with E-state index in [1.54, 1.807) is 6.07 Å². The molecule has 1 heterocycles. The highest BCUT2D eigenvalue weighted by Gasteiger charge is 2.52. The number of hydrogen-bond acceptors (Lipinski definition) is 2. The van der Waals surface area contributed by atoms with Crippen LogP contribution in [-0.4, -0.2) is 18.3 Å². The predicted molar refractivity (Wildman–Crippen MR) is 74.8 cm³/mol. The van der Waals surface area contributed by atoms with Gasteiger partial charge in [-0.15, -0.1) is 0 Å². The highest BCUT2D eigenvalue weighted by molar-refractivity contribution is 14.1. The summed E-state index contributed by atoms with van der Waals surface area (Å²) < 4.78 is 26.4. The Balaban J connectivity index is 2.39. The van der Waals surface area contributed by atoms with E-state index >= 15 is 0 Å². The van der Waals surface area contributed by atoms with Crippen LogP contribution in [0.4, 0.5) is 4.39 Å². The molecule has 1 saturated heterocycles. The average molecular weight is 348 g/mol. The van der Waals surface area contributed by atoms with E-state index in [2.05, 4.69) is 22.6 Å². The van der Waals surface area contributed by atoms with Crippen molar-refractivity contribution in [3.63, 3.8) is 0 Å². The van der Waals surface area contributed by atoms with E-state index in [0.717, 1.165) is 3.57 Å². The van der Waals surface area contributed by atoms with Crippen LogP contribution in [0, 0.1) is 9.39 Å². The molecule has 1 aromatic rings. The number of halogens is 2. The Morgan fingerprint density at radius 2 is 1.65 bits per heavy atom. The van der Waals surface area contributed by atoms with Crippen LogP contribution in [-0.2, 0) is 9.31 Å². The molecule has 0 unspecified atom stereocenters. The number of rotatable bonds is 1. The maximum Gasteiger partial charge on any atom is 0.498 e. The van der Waals surface area contributed by atoms with Crippen LogP contribution < -0.4 is 5.46 Å². The average Bonchev–Trinajstić information content (AvgIpc) is 2.35. The molecule has 0 radical (unpaired) electrons. The minimum atomic E-state index is -0.631. The summed E-state index contributed by atoms with van der Waals surface area (Å²) in [6.45, 7) is 7.84. The van der Waals surface area contributed by atoms with Crippen molar-refractivity contribution in [2.45, 2.75) is 38.9 Å². The van der Waals surface area contributed by atoms with E-state index in [4.69, 9.17) is 9.31 Å². The van der Waals surface area contributed by atoms with Crippen molar-refractivity contribution in [1.82, 2.24) is 0 Å². The Morgan fingerprint density at radius 1 is 1.12 bits per heavy atom. The zero-order chi connectivity index (χ0) is 12.8. The SMILES string of the molecule is CC1(C)OB(c2c(F)cccc2I)OC1(C)C. The first-order valence-corrected chi connectivity index (χ1v) is 6.62. The molecule has 0 saturated carbocycles. The van der Waals surface area contributed by atoms with Crippen LogP contribution in [0.5, 0.6) is 0 Å². The lowest BCUT2D eigenvalue weighted by Crippen LogP contribution is -2.41. The molecule has 2 rings (SSSR count). The lowest BCUT2D eigenvalue weighted by Gasteiger charge is -2.32. The fourth-order valence-electron chi connectivity index (χ4n) is 1.70. The summed E-state index contributed by atoms with van der Waals surface area (Å²) in [7, 11) is -0.631. The first-order valence-electron chi connectivity index (χ1n) is 5.54. The zero-order valence-corrected chi connectivity index (χ0v) is 12.5. The molecule has 92 valence electrons. The minimum Gasteiger partial charge on any atom is -0.399 e. The highest BCUT2D eigenvalue weighted by atomic mass is 127. The zero-order valence-electron chi connectivity index (χ0n) is 10.4. The van der Waals surface area contributed by atoms with Gasteiger partial charge in [0, 0.05) is 9.03 Å². The molecule has 1 aromatic carbocycles. The Morgan fingerprint density at radius 3 is 2.12 bits per heavy atom. The fourth-order valence-corrected chi connectivity index (χ4v) is 2.42. The molecule has 1 fully saturated rings. The van der Waals surface area contributed by atoms with Gasteiger partial charge in [-0.3, -0.25) is 0 Å². The number of benzene rings is 1. The molecule has 5 heteroatoms. The Hall–Kier alpha value is -0.135. The summed E-state index contributed by atoms with van der Waals surface area (Å²) in [5.41, 5.74) is -0.391. The molecule has 0 aromatic heterocycles. The Bertz CT molecular complexity index is 412. The van der Waals surface area contributed by atoms with Crippen molar-refractivity contribution < 1.29 is 13.7 Å². The lowest BCUT2D eigenvalue weighted by atomic mass is 9.79. The molecule has 0 spiro atoms. The molecular formula is C12H15BFIO2. The van der Waals surface area contributed by atoms with Crippen molar-refractivity contribution >= 4 is 35.2 Å². The van der Waals surface area contributed by atoms with Gasteiger partial charge in [-0.2, -0.15) is 0 Å². The van der Waals surface area contributed by atoms with E-state index in [1.165, 1.54) is 6.07 Å².